The molecule has 0 aliphatic carbocycles. The molecule has 0 saturated heterocycles. The van der Waals surface area contributed by atoms with Crippen LogP contribution in [0.2, 0.25) is 0 Å². The molecular formula is C18H27NO5. The molecule has 0 aliphatic rings. The van der Waals surface area contributed by atoms with Crippen LogP contribution in [0.4, 0.5) is 0 Å². The Kier molecular flexibility index (Phi) is 9.04. The van der Waals surface area contributed by atoms with Gasteiger partial charge < -0.3 is 14.2 Å². The van der Waals surface area contributed by atoms with Crippen LogP contribution in [0.5, 0.6) is 0 Å². The van der Waals surface area contributed by atoms with Gasteiger partial charge in [-0.15, -0.1) is 0 Å². The highest BCUT2D eigenvalue weighted by atomic mass is 16.6. The standard InChI is InChI=1S/C18H27NO5/c1-5-22-16(18(21)24-7-3)15(14-11-9-8-10-12-14)19-13(4)17(20)23-6-2/h8-13,15-16,19H,5-7H2,1-4H3/t13-,15-,16+/m1/s1. The predicted octanol–water partition coefficient (Wildman–Crippen LogP) is 2.24. The second-order valence-electron chi connectivity index (χ2n) is 5.16. The minimum Gasteiger partial charge on any atom is -0.465 e. The fourth-order valence-corrected chi connectivity index (χ4v) is 2.33. The molecule has 0 saturated carbocycles. The Hall–Kier alpha value is -1.92. The smallest absolute Gasteiger partial charge is 0.337 e. The third-order valence-electron chi connectivity index (χ3n) is 3.40. The highest BCUT2D eigenvalue weighted by molar-refractivity contribution is 5.77. The topological polar surface area (TPSA) is 73.9 Å². The minimum atomic E-state index is -0.853. The van der Waals surface area contributed by atoms with E-state index in [-0.39, 0.29) is 12.6 Å². The molecule has 1 N–H and O–H groups in total. The van der Waals surface area contributed by atoms with Crippen LogP contribution in [0.1, 0.15) is 39.3 Å². The average molecular weight is 337 g/mol. The van der Waals surface area contributed by atoms with Gasteiger partial charge in [-0.25, -0.2) is 4.79 Å². The van der Waals surface area contributed by atoms with Gasteiger partial charge >= 0.3 is 11.9 Å². The fourth-order valence-electron chi connectivity index (χ4n) is 2.33. The summed E-state index contributed by atoms with van der Waals surface area (Å²) in [6.45, 7) is 7.91. The number of hydrogen-bond donors (Lipinski definition) is 1. The molecule has 0 aromatic heterocycles. The van der Waals surface area contributed by atoms with Crippen molar-refractivity contribution < 1.29 is 23.8 Å². The van der Waals surface area contributed by atoms with Crippen molar-refractivity contribution in [2.75, 3.05) is 19.8 Å². The van der Waals surface area contributed by atoms with Gasteiger partial charge in [0.25, 0.3) is 0 Å². The van der Waals surface area contributed by atoms with Crippen molar-refractivity contribution >= 4 is 11.9 Å². The van der Waals surface area contributed by atoms with Gasteiger partial charge in [0.05, 0.1) is 19.3 Å². The average Bonchev–Trinajstić information content (AvgIpc) is 2.59. The zero-order chi connectivity index (χ0) is 17.9. The van der Waals surface area contributed by atoms with Crippen LogP contribution in [-0.4, -0.2) is 43.9 Å². The lowest BCUT2D eigenvalue weighted by atomic mass is 10.00. The van der Waals surface area contributed by atoms with Crippen molar-refractivity contribution in [1.82, 2.24) is 5.32 Å². The van der Waals surface area contributed by atoms with E-state index < -0.39 is 24.2 Å². The van der Waals surface area contributed by atoms with Crippen LogP contribution in [0.25, 0.3) is 0 Å². The number of carbonyl (C=O) groups is 2. The second-order valence-corrected chi connectivity index (χ2v) is 5.16. The summed E-state index contributed by atoms with van der Waals surface area (Å²) in [5.41, 5.74) is 0.833. The van der Waals surface area contributed by atoms with Crippen LogP contribution in [0.15, 0.2) is 30.3 Å². The first-order valence-electron chi connectivity index (χ1n) is 8.30. The van der Waals surface area contributed by atoms with Gasteiger partial charge in [0.15, 0.2) is 6.10 Å². The lowest BCUT2D eigenvalue weighted by Crippen LogP contribution is -2.46. The van der Waals surface area contributed by atoms with Crippen LogP contribution in [0, 0.1) is 0 Å². The highest BCUT2D eigenvalue weighted by Gasteiger charge is 2.33. The van der Waals surface area contributed by atoms with E-state index in [1.807, 2.05) is 37.3 Å². The molecule has 1 aromatic rings. The van der Waals surface area contributed by atoms with Gasteiger partial charge in [0.2, 0.25) is 0 Å². The maximum atomic E-state index is 12.3. The Morgan fingerprint density at radius 1 is 0.958 bits per heavy atom. The predicted molar refractivity (Wildman–Crippen MR) is 90.5 cm³/mol. The molecule has 6 nitrogen and oxygen atoms in total. The normalized spacial score (nSPS) is 14.5. The molecule has 1 rings (SSSR count). The first-order valence-corrected chi connectivity index (χ1v) is 8.30. The summed E-state index contributed by atoms with van der Waals surface area (Å²) in [5, 5.41) is 3.14. The second kappa shape index (κ2) is 10.8. The lowest BCUT2D eigenvalue weighted by molar-refractivity contribution is -0.160. The van der Waals surface area contributed by atoms with E-state index >= 15 is 0 Å². The zero-order valence-electron chi connectivity index (χ0n) is 14.8. The first-order chi connectivity index (χ1) is 11.5. The highest BCUT2D eigenvalue weighted by Crippen LogP contribution is 2.22. The molecule has 1 aromatic carbocycles. The molecule has 0 heterocycles. The summed E-state index contributed by atoms with van der Waals surface area (Å²) < 4.78 is 15.8. The van der Waals surface area contributed by atoms with Gasteiger partial charge in [0, 0.05) is 6.61 Å². The lowest BCUT2D eigenvalue weighted by Gasteiger charge is -2.29. The summed E-state index contributed by atoms with van der Waals surface area (Å²) in [4.78, 5) is 24.3. The van der Waals surface area contributed by atoms with Crippen molar-refractivity contribution in [3.63, 3.8) is 0 Å². The quantitative estimate of drug-likeness (QED) is 0.660. The third kappa shape index (κ3) is 5.94. The molecule has 0 aliphatic heterocycles. The van der Waals surface area contributed by atoms with Crippen LogP contribution in [-0.2, 0) is 23.8 Å². The van der Waals surface area contributed by atoms with Gasteiger partial charge in [-0.05, 0) is 33.3 Å². The molecule has 134 valence electrons. The first kappa shape index (κ1) is 20.1. The summed E-state index contributed by atoms with van der Waals surface area (Å²) in [6, 6.07) is 8.26. The molecule has 0 radical (unpaired) electrons. The van der Waals surface area contributed by atoms with E-state index in [9.17, 15) is 9.59 Å². The Morgan fingerprint density at radius 2 is 1.54 bits per heavy atom. The van der Waals surface area contributed by atoms with Gasteiger partial charge in [-0.3, -0.25) is 10.1 Å². The van der Waals surface area contributed by atoms with Crippen molar-refractivity contribution in [2.45, 2.75) is 45.9 Å². The molecule has 0 spiro atoms. The molecule has 3 atom stereocenters. The Bertz CT molecular complexity index is 505. The minimum absolute atomic E-state index is 0.261. The monoisotopic (exact) mass is 337 g/mol. The van der Waals surface area contributed by atoms with E-state index in [2.05, 4.69) is 5.32 Å². The SMILES string of the molecule is CCOC(=O)[C@@H](OCC)[C@H](N[C@H](C)C(=O)OCC)c1ccccc1. The number of benzene rings is 1. The van der Waals surface area contributed by atoms with E-state index in [0.717, 1.165) is 5.56 Å². The number of ether oxygens (including phenoxy) is 3. The number of rotatable bonds is 10. The molecule has 6 heteroatoms. The van der Waals surface area contributed by atoms with Gasteiger partial charge in [-0.1, -0.05) is 30.3 Å². The van der Waals surface area contributed by atoms with Crippen molar-refractivity contribution in [1.29, 1.82) is 0 Å². The fraction of sp³-hybridized carbons (Fsp3) is 0.556. The summed E-state index contributed by atoms with van der Waals surface area (Å²) in [7, 11) is 0. The van der Waals surface area contributed by atoms with Crippen LogP contribution >= 0.6 is 0 Å². The molecular weight excluding hydrogens is 310 g/mol. The Balaban J connectivity index is 3.07. The third-order valence-corrected chi connectivity index (χ3v) is 3.40. The van der Waals surface area contributed by atoms with E-state index in [0.29, 0.717) is 13.2 Å². The van der Waals surface area contributed by atoms with Crippen LogP contribution in [0.3, 0.4) is 0 Å². The van der Waals surface area contributed by atoms with E-state index in [1.54, 1.807) is 20.8 Å². The number of carbonyl (C=O) groups excluding carboxylic acids is 2. The number of nitrogens with one attached hydrogen (secondary N) is 1. The summed E-state index contributed by atoms with van der Waals surface area (Å²) in [6.07, 6.45) is -0.853. The van der Waals surface area contributed by atoms with Gasteiger partial charge in [0.1, 0.15) is 6.04 Å². The molecule has 0 bridgehead atoms. The summed E-state index contributed by atoms with van der Waals surface area (Å²) >= 11 is 0. The van der Waals surface area contributed by atoms with Crippen molar-refractivity contribution in [3.8, 4) is 0 Å². The van der Waals surface area contributed by atoms with Crippen LogP contribution < -0.4 is 5.32 Å². The maximum Gasteiger partial charge on any atom is 0.337 e. The zero-order valence-corrected chi connectivity index (χ0v) is 14.8. The Labute approximate surface area is 143 Å². The van der Waals surface area contributed by atoms with E-state index in [4.69, 9.17) is 14.2 Å². The Morgan fingerprint density at radius 3 is 2.08 bits per heavy atom. The molecule has 0 unspecified atom stereocenters. The largest absolute Gasteiger partial charge is 0.465 e. The van der Waals surface area contributed by atoms with E-state index in [1.165, 1.54) is 0 Å². The molecule has 0 amide bonds. The number of esters is 2. The van der Waals surface area contributed by atoms with Crippen molar-refractivity contribution in [3.05, 3.63) is 35.9 Å². The maximum absolute atomic E-state index is 12.3. The molecule has 24 heavy (non-hydrogen) atoms. The number of hydrogen-bond acceptors (Lipinski definition) is 6. The molecule has 0 fully saturated rings. The van der Waals surface area contributed by atoms with Crippen molar-refractivity contribution in [2.24, 2.45) is 0 Å². The van der Waals surface area contributed by atoms with Gasteiger partial charge in [-0.2, -0.15) is 0 Å². The summed E-state index contributed by atoms with van der Waals surface area (Å²) in [5.74, 6) is -0.839.